The van der Waals surface area contributed by atoms with Gasteiger partial charge >= 0.3 is 0 Å². The van der Waals surface area contributed by atoms with Crippen molar-refractivity contribution in [2.45, 2.75) is 39.3 Å². The quantitative estimate of drug-likeness (QED) is 0.539. The molecule has 0 aromatic rings. The van der Waals surface area contributed by atoms with E-state index >= 15 is 0 Å². The molecular weight excluding hydrogens is 115 g/mol. The Balaban J connectivity index is 2.04. The number of hydrogen-bond donors (Lipinski definition) is 0. The summed E-state index contributed by atoms with van der Waals surface area (Å²) in [5.74, 6) is 1.46. The van der Waals surface area contributed by atoms with E-state index in [2.05, 4.69) is 13.8 Å². The van der Waals surface area contributed by atoms with Crippen molar-refractivity contribution in [1.29, 1.82) is 0 Å². The maximum Gasteiger partial charge on any atom is 0.101 e. The number of halogens is 1. The van der Waals surface area contributed by atoms with Gasteiger partial charge in [0.2, 0.25) is 0 Å². The maximum absolute atomic E-state index is 12.2. The summed E-state index contributed by atoms with van der Waals surface area (Å²) in [7, 11) is 0. The Bertz CT molecular complexity index is 82.6. The molecule has 0 saturated heterocycles. The second kappa shape index (κ2) is 2.68. The largest absolute Gasteiger partial charge is 0.247 e. The predicted octanol–water partition coefficient (Wildman–Crippen LogP) is 2.78. The standard InChI is InChI=1S/C8H15F/c1-6(2)3-7-4-8(9)5-7/h6-8H,3-5H2,1-2H3/t7-,8-. The lowest BCUT2D eigenvalue weighted by molar-refractivity contribution is 0.114. The zero-order chi connectivity index (χ0) is 6.85. The van der Waals surface area contributed by atoms with Crippen molar-refractivity contribution < 1.29 is 4.39 Å². The van der Waals surface area contributed by atoms with Gasteiger partial charge in [0.25, 0.3) is 0 Å². The molecule has 1 rings (SSSR count). The molecule has 0 aromatic carbocycles. The van der Waals surface area contributed by atoms with Gasteiger partial charge in [-0.2, -0.15) is 0 Å². The summed E-state index contributed by atoms with van der Waals surface area (Å²) in [6.45, 7) is 4.40. The van der Waals surface area contributed by atoms with E-state index in [1.807, 2.05) is 0 Å². The first-order valence-corrected chi connectivity index (χ1v) is 3.82. The zero-order valence-electron chi connectivity index (χ0n) is 6.23. The highest BCUT2D eigenvalue weighted by Gasteiger charge is 2.28. The van der Waals surface area contributed by atoms with Gasteiger partial charge in [-0.15, -0.1) is 0 Å². The van der Waals surface area contributed by atoms with E-state index in [1.54, 1.807) is 0 Å². The Hall–Kier alpha value is -0.0700. The van der Waals surface area contributed by atoms with Crippen LogP contribution in [-0.2, 0) is 0 Å². The van der Waals surface area contributed by atoms with Crippen LogP contribution in [0.5, 0.6) is 0 Å². The molecule has 0 radical (unpaired) electrons. The van der Waals surface area contributed by atoms with Crippen molar-refractivity contribution in [2.24, 2.45) is 11.8 Å². The van der Waals surface area contributed by atoms with Gasteiger partial charge < -0.3 is 0 Å². The summed E-state index contributed by atoms with van der Waals surface area (Å²) >= 11 is 0. The number of rotatable bonds is 2. The van der Waals surface area contributed by atoms with Crippen LogP contribution < -0.4 is 0 Å². The van der Waals surface area contributed by atoms with Gasteiger partial charge in [-0.3, -0.25) is 0 Å². The molecule has 0 N–H and O–H groups in total. The van der Waals surface area contributed by atoms with Gasteiger partial charge in [-0.1, -0.05) is 13.8 Å². The van der Waals surface area contributed by atoms with Crippen molar-refractivity contribution >= 4 is 0 Å². The summed E-state index contributed by atoms with van der Waals surface area (Å²) in [5, 5.41) is 0. The van der Waals surface area contributed by atoms with Crippen LogP contribution in [-0.4, -0.2) is 6.17 Å². The van der Waals surface area contributed by atoms with Crippen LogP contribution in [0.25, 0.3) is 0 Å². The molecule has 0 heterocycles. The molecule has 1 saturated carbocycles. The molecule has 1 aliphatic rings. The van der Waals surface area contributed by atoms with Gasteiger partial charge in [0, 0.05) is 0 Å². The molecule has 0 atom stereocenters. The highest BCUT2D eigenvalue weighted by atomic mass is 19.1. The third kappa shape index (κ3) is 1.96. The molecule has 0 spiro atoms. The molecule has 0 aromatic heterocycles. The Morgan fingerprint density at radius 3 is 2.33 bits per heavy atom. The normalized spacial score (nSPS) is 34.7. The SMILES string of the molecule is CC(C)C[C@H]1C[C@H](F)C1. The molecule has 0 amide bonds. The molecule has 0 aliphatic heterocycles. The third-order valence-electron chi connectivity index (χ3n) is 1.98. The van der Waals surface area contributed by atoms with E-state index in [9.17, 15) is 4.39 Å². The van der Waals surface area contributed by atoms with Crippen molar-refractivity contribution in [3.05, 3.63) is 0 Å². The first-order chi connectivity index (χ1) is 4.18. The summed E-state index contributed by atoms with van der Waals surface area (Å²) in [6, 6.07) is 0. The van der Waals surface area contributed by atoms with Crippen LogP contribution in [0.3, 0.4) is 0 Å². The van der Waals surface area contributed by atoms with E-state index in [0.717, 1.165) is 18.8 Å². The molecule has 0 bridgehead atoms. The first-order valence-electron chi connectivity index (χ1n) is 3.82. The van der Waals surface area contributed by atoms with Gasteiger partial charge in [0.15, 0.2) is 0 Å². The maximum atomic E-state index is 12.2. The van der Waals surface area contributed by atoms with Crippen molar-refractivity contribution in [3.63, 3.8) is 0 Å². The minimum absolute atomic E-state index is 0.464. The first kappa shape index (κ1) is 7.04. The van der Waals surface area contributed by atoms with Crippen molar-refractivity contribution in [2.75, 3.05) is 0 Å². The van der Waals surface area contributed by atoms with Gasteiger partial charge in [-0.25, -0.2) is 4.39 Å². The van der Waals surface area contributed by atoms with Crippen LogP contribution >= 0.6 is 0 Å². The summed E-state index contributed by atoms with van der Waals surface area (Å²) < 4.78 is 12.2. The zero-order valence-corrected chi connectivity index (χ0v) is 6.23. The van der Waals surface area contributed by atoms with E-state index < -0.39 is 6.17 Å². The summed E-state index contributed by atoms with van der Waals surface area (Å²) in [6.07, 6.45) is 2.42. The monoisotopic (exact) mass is 130 g/mol. The Kier molecular flexibility index (Phi) is 2.09. The fourth-order valence-electron chi connectivity index (χ4n) is 1.51. The minimum Gasteiger partial charge on any atom is -0.247 e. The molecule has 54 valence electrons. The van der Waals surface area contributed by atoms with Gasteiger partial charge in [0.05, 0.1) is 0 Å². The lowest BCUT2D eigenvalue weighted by atomic mass is 9.78. The molecule has 1 aliphatic carbocycles. The second-order valence-corrected chi connectivity index (χ2v) is 3.56. The summed E-state index contributed by atoms with van der Waals surface area (Å²) in [5.41, 5.74) is 0. The lowest BCUT2D eigenvalue weighted by Gasteiger charge is -2.30. The van der Waals surface area contributed by atoms with Crippen LogP contribution in [0.4, 0.5) is 4.39 Å². The van der Waals surface area contributed by atoms with E-state index in [1.165, 1.54) is 6.42 Å². The Morgan fingerprint density at radius 2 is 2.00 bits per heavy atom. The van der Waals surface area contributed by atoms with E-state index in [-0.39, 0.29) is 0 Å². The fraction of sp³-hybridized carbons (Fsp3) is 1.00. The second-order valence-electron chi connectivity index (χ2n) is 3.56. The van der Waals surface area contributed by atoms with Crippen molar-refractivity contribution in [1.82, 2.24) is 0 Å². The van der Waals surface area contributed by atoms with Crippen LogP contribution in [0.15, 0.2) is 0 Å². The minimum atomic E-state index is -0.464. The van der Waals surface area contributed by atoms with Gasteiger partial charge in [-0.05, 0) is 31.1 Å². The molecule has 0 nitrogen and oxygen atoms in total. The highest BCUT2D eigenvalue weighted by molar-refractivity contribution is 4.79. The van der Waals surface area contributed by atoms with Crippen LogP contribution in [0, 0.1) is 11.8 Å². The smallest absolute Gasteiger partial charge is 0.101 e. The fourth-order valence-corrected chi connectivity index (χ4v) is 1.51. The number of alkyl halides is 1. The van der Waals surface area contributed by atoms with Crippen LogP contribution in [0.1, 0.15) is 33.1 Å². The van der Waals surface area contributed by atoms with Crippen LogP contribution in [0.2, 0.25) is 0 Å². The Labute approximate surface area is 56.5 Å². The Morgan fingerprint density at radius 1 is 1.44 bits per heavy atom. The molecule has 9 heavy (non-hydrogen) atoms. The van der Waals surface area contributed by atoms with E-state index in [4.69, 9.17) is 0 Å². The molecule has 0 unspecified atom stereocenters. The number of hydrogen-bond acceptors (Lipinski definition) is 0. The summed E-state index contributed by atoms with van der Waals surface area (Å²) in [4.78, 5) is 0. The highest BCUT2D eigenvalue weighted by Crippen LogP contribution is 2.34. The topological polar surface area (TPSA) is 0 Å². The average Bonchev–Trinajstić information content (AvgIpc) is 1.60. The molecule has 1 fully saturated rings. The third-order valence-corrected chi connectivity index (χ3v) is 1.98. The lowest BCUT2D eigenvalue weighted by Crippen LogP contribution is -2.25. The average molecular weight is 130 g/mol. The van der Waals surface area contributed by atoms with Gasteiger partial charge in [0.1, 0.15) is 6.17 Å². The molecular formula is C8H15F. The van der Waals surface area contributed by atoms with Crippen molar-refractivity contribution in [3.8, 4) is 0 Å². The van der Waals surface area contributed by atoms with E-state index in [0.29, 0.717) is 5.92 Å². The predicted molar refractivity (Wildman–Crippen MR) is 37.1 cm³/mol. The molecule has 1 heteroatoms.